The molecule has 1 saturated heterocycles. The third-order valence-corrected chi connectivity index (χ3v) is 5.86. The van der Waals surface area contributed by atoms with Gasteiger partial charge in [0.15, 0.2) is 0 Å². The first-order chi connectivity index (χ1) is 12.5. The van der Waals surface area contributed by atoms with Gasteiger partial charge in [-0.05, 0) is 25.0 Å². The molecule has 1 atom stereocenters. The smallest absolute Gasteiger partial charge is 0.305 e. The highest BCUT2D eigenvalue weighted by molar-refractivity contribution is 8.01. The fourth-order valence-corrected chi connectivity index (χ4v) is 4.33. The summed E-state index contributed by atoms with van der Waals surface area (Å²) in [5.41, 5.74) is 0.762. The molecule has 2 N–H and O–H groups in total. The molecule has 7 nitrogen and oxygen atoms in total. The number of nitrogens with zero attached hydrogens (tertiary/aromatic N) is 1. The first-order valence-electron chi connectivity index (χ1n) is 8.70. The number of thioether (sulfide) groups is 1. The van der Waals surface area contributed by atoms with Gasteiger partial charge in [0, 0.05) is 37.1 Å². The molecule has 2 aliphatic heterocycles. The van der Waals surface area contributed by atoms with E-state index in [9.17, 15) is 14.4 Å². The molecule has 1 aromatic rings. The summed E-state index contributed by atoms with van der Waals surface area (Å²) in [7, 11) is 0. The quantitative estimate of drug-likeness (QED) is 0.786. The minimum absolute atomic E-state index is 0.0282. The maximum Gasteiger partial charge on any atom is 0.305 e. The van der Waals surface area contributed by atoms with Gasteiger partial charge in [0.1, 0.15) is 0 Å². The summed E-state index contributed by atoms with van der Waals surface area (Å²) >= 11 is 1.38. The zero-order chi connectivity index (χ0) is 18.5. The number of aliphatic carboxylic acids is 1. The van der Waals surface area contributed by atoms with Crippen molar-refractivity contribution in [2.24, 2.45) is 0 Å². The Bertz CT molecular complexity index is 690. The van der Waals surface area contributed by atoms with E-state index >= 15 is 0 Å². The maximum atomic E-state index is 12.9. The number of para-hydroxylation sites is 1. The number of carbonyl (C=O) groups excluding carboxylic acids is 2. The second-order valence-corrected chi connectivity index (χ2v) is 7.62. The van der Waals surface area contributed by atoms with Gasteiger partial charge in [0.2, 0.25) is 11.8 Å². The molecule has 0 aliphatic carbocycles. The normalized spacial score (nSPS) is 20.2. The fourth-order valence-electron chi connectivity index (χ4n) is 3.23. The van der Waals surface area contributed by atoms with Crippen molar-refractivity contribution in [3.8, 4) is 0 Å². The Kier molecular flexibility index (Phi) is 6.16. The number of amides is 2. The Morgan fingerprint density at radius 3 is 2.73 bits per heavy atom. The summed E-state index contributed by atoms with van der Waals surface area (Å²) in [6.45, 7) is 1.29. The summed E-state index contributed by atoms with van der Waals surface area (Å²) in [6, 6.07) is 7.46. The lowest BCUT2D eigenvalue weighted by Crippen LogP contribution is -2.46. The van der Waals surface area contributed by atoms with Gasteiger partial charge < -0.3 is 20.1 Å². The van der Waals surface area contributed by atoms with E-state index in [0.717, 1.165) is 10.6 Å². The van der Waals surface area contributed by atoms with Crippen molar-refractivity contribution in [2.45, 2.75) is 41.9 Å². The number of carbonyl (C=O) groups is 3. The lowest BCUT2D eigenvalue weighted by molar-refractivity contribution is -0.140. The van der Waals surface area contributed by atoms with Crippen LogP contribution < -0.4 is 5.32 Å². The van der Waals surface area contributed by atoms with E-state index in [-0.39, 0.29) is 37.2 Å². The van der Waals surface area contributed by atoms with Crippen molar-refractivity contribution in [1.29, 1.82) is 0 Å². The Morgan fingerprint density at radius 1 is 1.27 bits per heavy atom. The van der Waals surface area contributed by atoms with Gasteiger partial charge in [-0.25, -0.2) is 0 Å². The molecule has 2 amide bonds. The SMILES string of the molecule is O=C(O)CCN(C(=O)CC1Sc2ccccc2NC1=O)C1CCOCC1. The van der Waals surface area contributed by atoms with Crippen LogP contribution in [0.4, 0.5) is 5.69 Å². The molecule has 8 heteroatoms. The number of benzene rings is 1. The van der Waals surface area contributed by atoms with Gasteiger partial charge in [-0.3, -0.25) is 14.4 Å². The Morgan fingerprint density at radius 2 is 2.00 bits per heavy atom. The zero-order valence-electron chi connectivity index (χ0n) is 14.3. The van der Waals surface area contributed by atoms with Crippen molar-refractivity contribution in [2.75, 3.05) is 25.1 Å². The van der Waals surface area contributed by atoms with Crippen molar-refractivity contribution in [1.82, 2.24) is 4.90 Å². The van der Waals surface area contributed by atoms with E-state index in [4.69, 9.17) is 9.84 Å². The lowest BCUT2D eigenvalue weighted by atomic mass is 10.1. The van der Waals surface area contributed by atoms with Crippen LogP contribution in [0.25, 0.3) is 0 Å². The number of carboxylic acid groups (broad SMARTS) is 1. The molecule has 140 valence electrons. The average molecular weight is 378 g/mol. The number of rotatable bonds is 6. The molecule has 0 bridgehead atoms. The van der Waals surface area contributed by atoms with Crippen LogP contribution in [0.1, 0.15) is 25.7 Å². The number of fused-ring (bicyclic) bond motifs is 1. The van der Waals surface area contributed by atoms with Crippen molar-refractivity contribution >= 4 is 35.2 Å². The third-order valence-electron chi connectivity index (χ3n) is 4.59. The molecule has 1 aromatic carbocycles. The number of nitrogens with one attached hydrogen (secondary N) is 1. The first-order valence-corrected chi connectivity index (χ1v) is 9.58. The molecular formula is C18H22N2O5S. The maximum absolute atomic E-state index is 12.9. The molecule has 3 rings (SSSR count). The second kappa shape index (κ2) is 8.55. The molecule has 26 heavy (non-hydrogen) atoms. The molecule has 1 unspecified atom stereocenters. The molecule has 0 radical (unpaired) electrons. The highest BCUT2D eigenvalue weighted by Gasteiger charge is 2.33. The molecule has 2 heterocycles. The van der Waals surface area contributed by atoms with Gasteiger partial charge in [-0.15, -0.1) is 11.8 Å². The van der Waals surface area contributed by atoms with Crippen LogP contribution in [0, 0.1) is 0 Å². The summed E-state index contributed by atoms with van der Waals surface area (Å²) in [6.07, 6.45) is 1.34. The summed E-state index contributed by atoms with van der Waals surface area (Å²) < 4.78 is 5.34. The van der Waals surface area contributed by atoms with Crippen LogP contribution in [0.3, 0.4) is 0 Å². The van der Waals surface area contributed by atoms with E-state index in [1.807, 2.05) is 24.3 Å². The first kappa shape index (κ1) is 18.7. The molecule has 0 spiro atoms. The Balaban J connectivity index is 1.68. The Labute approximate surface area is 156 Å². The Hall–Kier alpha value is -2.06. The lowest BCUT2D eigenvalue weighted by Gasteiger charge is -2.35. The van der Waals surface area contributed by atoms with E-state index < -0.39 is 11.2 Å². The van der Waals surface area contributed by atoms with Gasteiger partial charge >= 0.3 is 5.97 Å². The summed E-state index contributed by atoms with van der Waals surface area (Å²) in [5, 5.41) is 11.3. The fraction of sp³-hybridized carbons (Fsp3) is 0.500. The van der Waals surface area contributed by atoms with E-state index in [1.54, 1.807) is 4.90 Å². The number of carboxylic acids is 1. The predicted octanol–water partition coefficient (Wildman–Crippen LogP) is 1.97. The van der Waals surface area contributed by atoms with Crippen LogP contribution in [0.2, 0.25) is 0 Å². The van der Waals surface area contributed by atoms with Crippen LogP contribution in [-0.4, -0.2) is 58.8 Å². The molecular weight excluding hydrogens is 356 g/mol. The van der Waals surface area contributed by atoms with Gasteiger partial charge in [0.05, 0.1) is 17.4 Å². The average Bonchev–Trinajstić information content (AvgIpc) is 2.63. The van der Waals surface area contributed by atoms with E-state index in [0.29, 0.717) is 26.1 Å². The molecule has 2 aliphatic rings. The summed E-state index contributed by atoms with van der Waals surface area (Å²) in [4.78, 5) is 38.7. The minimum atomic E-state index is -0.937. The number of hydrogen-bond donors (Lipinski definition) is 2. The van der Waals surface area contributed by atoms with E-state index in [1.165, 1.54) is 11.8 Å². The van der Waals surface area contributed by atoms with E-state index in [2.05, 4.69) is 5.32 Å². The van der Waals surface area contributed by atoms with Crippen LogP contribution >= 0.6 is 11.8 Å². The monoisotopic (exact) mass is 378 g/mol. The van der Waals surface area contributed by atoms with Crippen molar-refractivity contribution in [3.05, 3.63) is 24.3 Å². The topological polar surface area (TPSA) is 95.9 Å². The minimum Gasteiger partial charge on any atom is -0.481 e. The third kappa shape index (κ3) is 4.56. The molecule has 0 aromatic heterocycles. The van der Waals surface area contributed by atoms with Crippen molar-refractivity contribution < 1.29 is 24.2 Å². The second-order valence-electron chi connectivity index (χ2n) is 6.37. The standard InChI is InChI=1S/C18H22N2O5S/c21-16(20(8-5-17(22)23)12-6-9-25-10-7-12)11-15-18(24)19-13-3-1-2-4-14(13)26-15/h1-4,12,15H,5-11H2,(H,19,24)(H,22,23). The molecule has 1 fully saturated rings. The number of anilines is 1. The van der Waals surface area contributed by atoms with Gasteiger partial charge in [-0.1, -0.05) is 12.1 Å². The zero-order valence-corrected chi connectivity index (χ0v) is 15.2. The number of ether oxygens (including phenoxy) is 1. The highest BCUT2D eigenvalue weighted by Crippen LogP contribution is 2.37. The van der Waals surface area contributed by atoms with Crippen LogP contribution in [-0.2, 0) is 19.1 Å². The predicted molar refractivity (Wildman–Crippen MR) is 97.1 cm³/mol. The summed E-state index contributed by atoms with van der Waals surface area (Å²) in [5.74, 6) is -1.30. The largest absolute Gasteiger partial charge is 0.481 e. The number of hydrogen-bond acceptors (Lipinski definition) is 5. The van der Waals surface area contributed by atoms with Gasteiger partial charge in [0.25, 0.3) is 0 Å². The highest BCUT2D eigenvalue weighted by atomic mass is 32.2. The van der Waals surface area contributed by atoms with Crippen LogP contribution in [0.15, 0.2) is 29.2 Å². The van der Waals surface area contributed by atoms with Crippen LogP contribution in [0.5, 0.6) is 0 Å². The molecule has 0 saturated carbocycles. The van der Waals surface area contributed by atoms with Gasteiger partial charge in [-0.2, -0.15) is 0 Å². The van der Waals surface area contributed by atoms with Crippen molar-refractivity contribution in [3.63, 3.8) is 0 Å².